The number of amides is 1. The molecule has 6 nitrogen and oxygen atoms in total. The van der Waals surface area contributed by atoms with Crippen molar-refractivity contribution in [2.45, 2.75) is 13.5 Å². The van der Waals surface area contributed by atoms with Gasteiger partial charge in [0.1, 0.15) is 11.5 Å². The summed E-state index contributed by atoms with van der Waals surface area (Å²) in [4.78, 5) is 15.6. The van der Waals surface area contributed by atoms with Crippen molar-refractivity contribution in [2.75, 3.05) is 47.0 Å². The van der Waals surface area contributed by atoms with Gasteiger partial charge in [-0.3, -0.25) is 9.69 Å². The average molecular weight is 284 g/mol. The molecule has 20 heavy (non-hydrogen) atoms. The first-order chi connectivity index (χ1) is 9.56. The molecule has 0 saturated carbocycles. The van der Waals surface area contributed by atoms with Crippen molar-refractivity contribution in [1.82, 2.24) is 9.80 Å². The third-order valence-electron chi connectivity index (χ3n) is 3.00. The Morgan fingerprint density at radius 1 is 1.40 bits per heavy atom. The molecule has 0 saturated heterocycles. The molecule has 6 heteroatoms. The summed E-state index contributed by atoms with van der Waals surface area (Å²) in [6.45, 7) is 4.23. The predicted octanol–water partition coefficient (Wildman–Crippen LogP) is 0.487. The lowest BCUT2D eigenvalue weighted by atomic mass is 10.3. The Hall–Kier alpha value is -1.37. The van der Waals surface area contributed by atoms with Crippen molar-refractivity contribution in [2.24, 2.45) is 0 Å². The molecule has 0 aliphatic carbocycles. The highest BCUT2D eigenvalue weighted by Gasteiger charge is 2.15. The first-order valence-electron chi connectivity index (χ1n) is 6.68. The van der Waals surface area contributed by atoms with E-state index in [1.807, 2.05) is 24.0 Å². The number of carbonyl (C=O) groups is 1. The maximum atomic E-state index is 12.1. The van der Waals surface area contributed by atoms with E-state index in [0.717, 1.165) is 11.5 Å². The standard InChI is InChI=1S/C14H24N2O4/c1-12-4-5-13(20-12)10-15(2)14(18)11-16(6-8-17)7-9-19-3/h4-5,17H,6-11H2,1-3H3. The van der Waals surface area contributed by atoms with Crippen LogP contribution in [0.4, 0.5) is 0 Å². The summed E-state index contributed by atoms with van der Waals surface area (Å²) >= 11 is 0. The number of carbonyl (C=O) groups excluding carboxylic acids is 1. The number of hydrogen-bond acceptors (Lipinski definition) is 5. The molecule has 0 bridgehead atoms. The fraction of sp³-hybridized carbons (Fsp3) is 0.643. The molecule has 0 aromatic carbocycles. The van der Waals surface area contributed by atoms with E-state index in [0.29, 0.717) is 26.2 Å². The number of hydrogen-bond donors (Lipinski definition) is 1. The van der Waals surface area contributed by atoms with Gasteiger partial charge in [0.25, 0.3) is 0 Å². The second-order valence-electron chi connectivity index (χ2n) is 4.75. The second-order valence-corrected chi connectivity index (χ2v) is 4.75. The third-order valence-corrected chi connectivity index (χ3v) is 3.00. The van der Waals surface area contributed by atoms with E-state index in [9.17, 15) is 4.79 Å². The largest absolute Gasteiger partial charge is 0.464 e. The number of methoxy groups -OCH3 is 1. The summed E-state index contributed by atoms with van der Waals surface area (Å²) in [6.07, 6.45) is 0. The van der Waals surface area contributed by atoms with Crippen LogP contribution in [-0.4, -0.2) is 67.8 Å². The summed E-state index contributed by atoms with van der Waals surface area (Å²) in [6, 6.07) is 3.75. The summed E-state index contributed by atoms with van der Waals surface area (Å²) in [5.41, 5.74) is 0. The van der Waals surface area contributed by atoms with Gasteiger partial charge in [-0.15, -0.1) is 0 Å². The lowest BCUT2D eigenvalue weighted by Crippen LogP contribution is -2.40. The topological polar surface area (TPSA) is 66.2 Å². The summed E-state index contributed by atoms with van der Waals surface area (Å²) < 4.78 is 10.5. The molecule has 0 aliphatic heterocycles. The van der Waals surface area contributed by atoms with Crippen molar-refractivity contribution in [3.63, 3.8) is 0 Å². The Morgan fingerprint density at radius 3 is 2.70 bits per heavy atom. The van der Waals surface area contributed by atoms with Gasteiger partial charge in [-0.2, -0.15) is 0 Å². The fourth-order valence-electron chi connectivity index (χ4n) is 1.84. The molecule has 1 N–H and O–H groups in total. The second kappa shape index (κ2) is 8.73. The molecule has 114 valence electrons. The van der Waals surface area contributed by atoms with Crippen LogP contribution in [0.1, 0.15) is 11.5 Å². The van der Waals surface area contributed by atoms with Crippen LogP contribution in [0.25, 0.3) is 0 Å². The van der Waals surface area contributed by atoms with Gasteiger partial charge in [-0.25, -0.2) is 0 Å². The third kappa shape index (κ3) is 5.73. The maximum absolute atomic E-state index is 12.1. The van der Waals surface area contributed by atoms with Gasteiger partial charge >= 0.3 is 0 Å². The normalized spacial score (nSPS) is 11.1. The quantitative estimate of drug-likeness (QED) is 0.715. The van der Waals surface area contributed by atoms with Crippen LogP contribution in [0.5, 0.6) is 0 Å². The van der Waals surface area contributed by atoms with Gasteiger partial charge in [0.2, 0.25) is 5.91 Å². The van der Waals surface area contributed by atoms with Crippen molar-refractivity contribution < 1.29 is 19.1 Å². The van der Waals surface area contributed by atoms with Crippen LogP contribution >= 0.6 is 0 Å². The minimum atomic E-state index is -0.0105. The first kappa shape index (κ1) is 16.7. The van der Waals surface area contributed by atoms with Crippen LogP contribution in [-0.2, 0) is 16.1 Å². The molecule has 1 heterocycles. The summed E-state index contributed by atoms with van der Waals surface area (Å²) in [5.74, 6) is 1.59. The van der Waals surface area contributed by atoms with Gasteiger partial charge in [-0.1, -0.05) is 0 Å². The number of aliphatic hydroxyl groups is 1. The number of ether oxygens (including phenoxy) is 1. The Bertz CT molecular complexity index is 406. The first-order valence-corrected chi connectivity index (χ1v) is 6.68. The van der Waals surface area contributed by atoms with Crippen molar-refractivity contribution >= 4 is 5.91 Å². The Morgan fingerprint density at radius 2 is 2.15 bits per heavy atom. The average Bonchev–Trinajstić information content (AvgIpc) is 2.81. The Labute approximate surface area is 119 Å². The van der Waals surface area contributed by atoms with Crippen molar-refractivity contribution in [3.05, 3.63) is 23.7 Å². The van der Waals surface area contributed by atoms with Crippen LogP contribution in [0, 0.1) is 6.92 Å². The number of aryl methyl sites for hydroxylation is 1. The lowest BCUT2D eigenvalue weighted by Gasteiger charge is -2.23. The zero-order valence-corrected chi connectivity index (χ0v) is 12.5. The number of furan rings is 1. The summed E-state index contributed by atoms with van der Waals surface area (Å²) in [7, 11) is 3.36. The highest BCUT2D eigenvalue weighted by molar-refractivity contribution is 5.77. The highest BCUT2D eigenvalue weighted by atomic mass is 16.5. The van der Waals surface area contributed by atoms with E-state index in [1.54, 1.807) is 19.1 Å². The van der Waals surface area contributed by atoms with E-state index >= 15 is 0 Å². The molecule has 0 aliphatic rings. The number of nitrogens with zero attached hydrogens (tertiary/aromatic N) is 2. The van der Waals surface area contributed by atoms with Crippen LogP contribution in [0.2, 0.25) is 0 Å². The zero-order valence-electron chi connectivity index (χ0n) is 12.5. The van der Waals surface area contributed by atoms with E-state index in [4.69, 9.17) is 14.3 Å². The van der Waals surface area contributed by atoms with Gasteiger partial charge in [0.05, 0.1) is 26.3 Å². The molecule has 0 spiro atoms. The Kier molecular flexibility index (Phi) is 7.28. The van der Waals surface area contributed by atoms with E-state index in [-0.39, 0.29) is 19.1 Å². The molecular formula is C14H24N2O4. The molecule has 0 atom stereocenters. The van der Waals surface area contributed by atoms with Crippen molar-refractivity contribution in [1.29, 1.82) is 0 Å². The van der Waals surface area contributed by atoms with Gasteiger partial charge in [0.15, 0.2) is 0 Å². The fourth-order valence-corrected chi connectivity index (χ4v) is 1.84. The summed E-state index contributed by atoms with van der Waals surface area (Å²) in [5, 5.41) is 9.00. The van der Waals surface area contributed by atoms with E-state index in [1.165, 1.54) is 0 Å². The highest BCUT2D eigenvalue weighted by Crippen LogP contribution is 2.08. The maximum Gasteiger partial charge on any atom is 0.236 e. The van der Waals surface area contributed by atoms with Gasteiger partial charge in [-0.05, 0) is 19.1 Å². The molecule has 0 radical (unpaired) electrons. The molecular weight excluding hydrogens is 260 g/mol. The van der Waals surface area contributed by atoms with Crippen molar-refractivity contribution in [3.8, 4) is 0 Å². The minimum Gasteiger partial charge on any atom is -0.464 e. The SMILES string of the molecule is COCCN(CCO)CC(=O)N(C)Cc1ccc(C)o1. The minimum absolute atomic E-state index is 0.0105. The number of likely N-dealkylation sites (N-methyl/N-ethyl adjacent to an activating group) is 1. The molecule has 0 fully saturated rings. The lowest BCUT2D eigenvalue weighted by molar-refractivity contribution is -0.132. The molecule has 1 aromatic heterocycles. The number of rotatable bonds is 9. The molecule has 1 amide bonds. The molecule has 1 aromatic rings. The smallest absolute Gasteiger partial charge is 0.236 e. The Balaban J connectivity index is 2.45. The van der Waals surface area contributed by atoms with Crippen LogP contribution in [0.3, 0.4) is 0 Å². The molecule has 0 unspecified atom stereocenters. The van der Waals surface area contributed by atoms with E-state index < -0.39 is 0 Å². The molecule has 1 rings (SSSR count). The monoisotopic (exact) mass is 284 g/mol. The van der Waals surface area contributed by atoms with Gasteiger partial charge in [0, 0.05) is 27.2 Å². The van der Waals surface area contributed by atoms with Gasteiger partial charge < -0.3 is 19.2 Å². The number of aliphatic hydroxyl groups excluding tert-OH is 1. The van der Waals surface area contributed by atoms with E-state index in [2.05, 4.69) is 0 Å². The van der Waals surface area contributed by atoms with Crippen LogP contribution in [0.15, 0.2) is 16.5 Å². The predicted molar refractivity (Wildman–Crippen MR) is 75.3 cm³/mol. The van der Waals surface area contributed by atoms with Crippen LogP contribution < -0.4 is 0 Å². The zero-order chi connectivity index (χ0) is 15.0.